The average Bonchev–Trinajstić information content (AvgIpc) is 3.24. The number of pyridine rings is 2. The number of carbonyl (C=O) groups excluding carboxylic acids is 2. The van der Waals surface area contributed by atoms with E-state index in [1.54, 1.807) is 24.5 Å². The van der Waals surface area contributed by atoms with Crippen molar-refractivity contribution in [1.29, 1.82) is 0 Å². The van der Waals surface area contributed by atoms with E-state index in [1.807, 2.05) is 0 Å². The largest absolute Gasteiger partial charge is 0.458 e. The van der Waals surface area contributed by atoms with Gasteiger partial charge in [0.15, 0.2) is 5.60 Å². The lowest BCUT2D eigenvalue weighted by molar-refractivity contribution is -0.172. The minimum Gasteiger partial charge on any atom is -0.458 e. The van der Waals surface area contributed by atoms with Crippen LogP contribution < -0.4 is 16.6 Å². The van der Waals surface area contributed by atoms with Crippen LogP contribution in [-0.4, -0.2) is 33.1 Å². The van der Waals surface area contributed by atoms with Crippen molar-refractivity contribution >= 4 is 22.8 Å². The Bertz CT molecular complexity index is 1580. The molecule has 4 heterocycles. The normalized spacial score (nSPS) is 21.6. The number of hydrogen-bond donors (Lipinski definition) is 3. The third kappa shape index (κ3) is 2.88. The number of aryl methyl sites for hydroxylation is 1. The monoisotopic (exact) mass is 492 g/mol. The molecule has 0 saturated carbocycles. The van der Waals surface area contributed by atoms with E-state index < -0.39 is 11.6 Å². The van der Waals surface area contributed by atoms with E-state index in [-0.39, 0.29) is 60.6 Å². The summed E-state index contributed by atoms with van der Waals surface area (Å²) in [5.41, 5.74) is 7.96. The van der Waals surface area contributed by atoms with E-state index in [0.29, 0.717) is 35.3 Å². The number of hydrogen-bond acceptors (Lipinski definition) is 7. The number of nitrogens with zero attached hydrogens (tertiary/aromatic N) is 2. The van der Waals surface area contributed by atoms with Crippen LogP contribution in [0.5, 0.6) is 0 Å². The van der Waals surface area contributed by atoms with Crippen LogP contribution >= 0.6 is 0 Å². The van der Waals surface area contributed by atoms with Gasteiger partial charge in [0.25, 0.3) is 5.56 Å². The highest BCUT2D eigenvalue weighted by Crippen LogP contribution is 2.45. The molecule has 186 valence electrons. The zero-order valence-electron chi connectivity index (χ0n) is 19.9. The number of carbonyl (C=O) groups is 2. The van der Waals surface area contributed by atoms with Crippen LogP contribution in [0.25, 0.3) is 22.3 Å². The lowest BCUT2D eigenvalue weighted by Gasteiger charge is -2.31. The van der Waals surface area contributed by atoms with Crippen molar-refractivity contribution < 1.29 is 23.8 Å². The van der Waals surface area contributed by atoms with Gasteiger partial charge in [-0.25, -0.2) is 14.2 Å². The summed E-state index contributed by atoms with van der Waals surface area (Å²) in [6.45, 7) is 3.17. The molecule has 0 saturated heterocycles. The smallest absolute Gasteiger partial charge is 0.343 e. The van der Waals surface area contributed by atoms with Gasteiger partial charge in [-0.05, 0) is 48.9 Å². The number of aliphatic hydroxyl groups is 1. The van der Waals surface area contributed by atoms with Crippen LogP contribution in [0.2, 0.25) is 0 Å². The van der Waals surface area contributed by atoms with Gasteiger partial charge in [-0.15, -0.1) is 0 Å². The Morgan fingerprint density at radius 3 is 2.83 bits per heavy atom. The molecule has 36 heavy (non-hydrogen) atoms. The molecular weight excluding hydrogens is 467 g/mol. The Balaban J connectivity index is 1.66. The van der Waals surface area contributed by atoms with Gasteiger partial charge in [-0.2, -0.15) is 0 Å². The van der Waals surface area contributed by atoms with Gasteiger partial charge >= 0.3 is 5.97 Å². The Morgan fingerprint density at radius 2 is 2.11 bits per heavy atom. The Labute approximate surface area is 205 Å². The van der Waals surface area contributed by atoms with Crippen molar-refractivity contribution in [2.75, 3.05) is 6.54 Å². The number of fused-ring (bicyclic) bond motifs is 5. The van der Waals surface area contributed by atoms with Gasteiger partial charge < -0.3 is 25.5 Å². The number of halogens is 1. The predicted octanol–water partition coefficient (Wildman–Crippen LogP) is 1.59. The maximum Gasteiger partial charge on any atom is 0.343 e. The van der Waals surface area contributed by atoms with Crippen molar-refractivity contribution in [2.45, 2.75) is 57.9 Å². The second-order valence-electron chi connectivity index (χ2n) is 9.67. The topological polar surface area (TPSA) is 137 Å². The number of esters is 1. The molecule has 10 heteroatoms. The first-order valence-electron chi connectivity index (χ1n) is 12.0. The van der Waals surface area contributed by atoms with Crippen molar-refractivity contribution in [2.24, 2.45) is 5.73 Å². The SMILES string of the molecule is CCC1(O)C(=O)OCc2c1cc1n(c2=O)Cc2c-1nc1cc(F)c(C)c3c1c2[C@@H](NC(=O)CN)CC3. The van der Waals surface area contributed by atoms with Crippen LogP contribution in [0.3, 0.4) is 0 Å². The summed E-state index contributed by atoms with van der Waals surface area (Å²) in [4.78, 5) is 43.1. The maximum absolute atomic E-state index is 14.9. The van der Waals surface area contributed by atoms with Gasteiger partial charge in [-0.3, -0.25) is 9.59 Å². The molecule has 3 aliphatic rings. The molecule has 0 spiro atoms. The highest BCUT2D eigenvalue weighted by molar-refractivity contribution is 5.94. The molecule has 2 aromatic heterocycles. The summed E-state index contributed by atoms with van der Waals surface area (Å²) in [6, 6.07) is 2.62. The minimum absolute atomic E-state index is 0.0338. The Morgan fingerprint density at radius 1 is 1.33 bits per heavy atom. The number of amides is 1. The number of aromatic nitrogens is 2. The number of ether oxygens (including phenoxy) is 1. The number of rotatable bonds is 3. The maximum atomic E-state index is 14.9. The quantitative estimate of drug-likeness (QED) is 0.370. The van der Waals surface area contributed by atoms with Crippen molar-refractivity contribution in [3.05, 3.63) is 61.7 Å². The number of nitrogens with one attached hydrogen (secondary N) is 1. The van der Waals surface area contributed by atoms with Crippen LogP contribution in [0.1, 0.15) is 59.2 Å². The van der Waals surface area contributed by atoms with Gasteiger partial charge in [-0.1, -0.05) is 6.92 Å². The molecule has 3 aromatic rings. The minimum atomic E-state index is -1.94. The lowest BCUT2D eigenvalue weighted by atomic mass is 9.81. The van der Waals surface area contributed by atoms with Crippen LogP contribution in [-0.2, 0) is 39.5 Å². The first-order chi connectivity index (χ1) is 17.2. The highest BCUT2D eigenvalue weighted by atomic mass is 19.1. The molecule has 9 nitrogen and oxygen atoms in total. The lowest BCUT2D eigenvalue weighted by Crippen LogP contribution is -2.44. The third-order valence-corrected chi connectivity index (χ3v) is 7.90. The molecule has 1 amide bonds. The fourth-order valence-electron chi connectivity index (χ4n) is 5.95. The second-order valence-corrected chi connectivity index (χ2v) is 9.67. The van der Waals surface area contributed by atoms with E-state index in [1.165, 1.54) is 6.07 Å². The van der Waals surface area contributed by atoms with E-state index in [4.69, 9.17) is 15.5 Å². The van der Waals surface area contributed by atoms with Crippen LogP contribution in [0, 0.1) is 12.7 Å². The summed E-state index contributed by atoms with van der Waals surface area (Å²) in [6.07, 6.45) is 1.15. The molecule has 0 bridgehead atoms. The number of nitrogens with two attached hydrogens (primary N) is 1. The molecule has 4 N–H and O–H groups in total. The summed E-state index contributed by atoms with van der Waals surface area (Å²) < 4.78 is 21.6. The first kappa shape index (κ1) is 22.8. The van der Waals surface area contributed by atoms with E-state index in [9.17, 15) is 23.9 Å². The van der Waals surface area contributed by atoms with Crippen molar-refractivity contribution in [1.82, 2.24) is 14.9 Å². The predicted molar refractivity (Wildman–Crippen MR) is 127 cm³/mol. The van der Waals surface area contributed by atoms with Crippen LogP contribution in [0.4, 0.5) is 4.39 Å². The highest BCUT2D eigenvalue weighted by Gasteiger charge is 2.46. The fourth-order valence-corrected chi connectivity index (χ4v) is 5.95. The molecule has 2 atom stereocenters. The van der Waals surface area contributed by atoms with Crippen molar-refractivity contribution in [3.8, 4) is 11.4 Å². The van der Waals surface area contributed by atoms with Crippen LogP contribution in [0.15, 0.2) is 16.9 Å². The molecule has 6 rings (SSSR count). The zero-order valence-corrected chi connectivity index (χ0v) is 19.9. The molecular formula is C26H25FN4O5. The van der Waals surface area contributed by atoms with Gasteiger partial charge in [0.05, 0.1) is 41.6 Å². The third-order valence-electron chi connectivity index (χ3n) is 7.90. The summed E-state index contributed by atoms with van der Waals surface area (Å²) >= 11 is 0. The number of cyclic esters (lactones) is 1. The molecule has 1 aromatic carbocycles. The van der Waals surface area contributed by atoms with E-state index in [2.05, 4.69) is 5.32 Å². The van der Waals surface area contributed by atoms with Gasteiger partial charge in [0.1, 0.15) is 12.4 Å². The molecule has 0 radical (unpaired) electrons. The van der Waals surface area contributed by atoms with E-state index >= 15 is 0 Å². The standard InChI is InChI=1S/C26H25FN4O5/c1-3-26(35)15-6-19-23-13(9-31(19)24(33)14(15)10-36-25(26)34)22-17(29-20(32)8-28)5-4-12-11(2)16(27)7-18(30-23)21(12)22/h6-7,17,35H,3-5,8-10,28H2,1-2H3,(H,29,32)/t17-,26?/m0/s1. The first-order valence-corrected chi connectivity index (χ1v) is 12.0. The fraction of sp³-hybridized carbons (Fsp3) is 0.385. The molecule has 2 aliphatic heterocycles. The van der Waals surface area contributed by atoms with Gasteiger partial charge in [0, 0.05) is 22.6 Å². The van der Waals surface area contributed by atoms with Crippen molar-refractivity contribution in [3.63, 3.8) is 0 Å². The summed E-state index contributed by atoms with van der Waals surface area (Å²) in [7, 11) is 0. The molecule has 1 aliphatic carbocycles. The summed E-state index contributed by atoms with van der Waals surface area (Å²) in [5.74, 6) is -1.48. The summed E-state index contributed by atoms with van der Waals surface area (Å²) in [5, 5.41) is 14.9. The molecule has 0 fully saturated rings. The average molecular weight is 493 g/mol. The second kappa shape index (κ2) is 7.68. The van der Waals surface area contributed by atoms with E-state index in [0.717, 1.165) is 22.1 Å². The van der Waals surface area contributed by atoms with Gasteiger partial charge in [0.2, 0.25) is 5.91 Å². The number of benzene rings is 1. The Hall–Kier alpha value is -3.63. The molecule has 1 unspecified atom stereocenters. The Kier molecular flexibility index (Phi) is 4.87. The zero-order chi connectivity index (χ0) is 25.5.